The number of nitrogens with zero attached hydrogens (tertiary/aromatic N) is 2. The van der Waals surface area contributed by atoms with Crippen LogP contribution in [0.15, 0.2) is 29.3 Å². The second-order valence-corrected chi connectivity index (χ2v) is 6.54. The summed E-state index contributed by atoms with van der Waals surface area (Å²) in [4.78, 5) is 6.81. The van der Waals surface area contributed by atoms with Gasteiger partial charge in [-0.1, -0.05) is 19.1 Å². The Morgan fingerprint density at radius 1 is 1.33 bits per heavy atom. The maximum Gasteiger partial charge on any atom is 0.387 e. The Bertz CT molecular complexity index is 567. The zero-order chi connectivity index (χ0) is 16.4. The van der Waals surface area contributed by atoms with Crippen molar-refractivity contribution >= 4 is 29.9 Å². The van der Waals surface area contributed by atoms with Gasteiger partial charge in [0.05, 0.1) is 6.04 Å². The first kappa shape index (κ1) is 19.2. The molecule has 0 spiro atoms. The third kappa shape index (κ3) is 4.94. The number of hydrogen-bond acceptors (Lipinski definition) is 2. The van der Waals surface area contributed by atoms with Crippen molar-refractivity contribution in [3.05, 3.63) is 29.8 Å². The Hall–Kier alpha value is -1.12. The molecule has 0 bridgehead atoms. The molecule has 2 aliphatic rings. The highest BCUT2D eigenvalue weighted by molar-refractivity contribution is 14.0. The molecular weight excluding hydrogens is 427 g/mol. The summed E-state index contributed by atoms with van der Waals surface area (Å²) in [6, 6.07) is 7.02. The molecule has 1 saturated carbocycles. The van der Waals surface area contributed by atoms with Crippen molar-refractivity contribution in [3.63, 3.8) is 0 Å². The Kier molecular flexibility index (Phi) is 6.65. The molecule has 1 aromatic carbocycles. The van der Waals surface area contributed by atoms with Crippen LogP contribution in [0, 0.1) is 5.92 Å². The van der Waals surface area contributed by atoms with E-state index in [2.05, 4.69) is 21.6 Å². The minimum atomic E-state index is -2.79. The Morgan fingerprint density at radius 3 is 2.67 bits per heavy atom. The number of piperidine rings is 1. The zero-order valence-corrected chi connectivity index (χ0v) is 16.0. The molecule has 1 unspecified atom stereocenters. The van der Waals surface area contributed by atoms with Crippen LogP contribution in [0.25, 0.3) is 0 Å². The van der Waals surface area contributed by atoms with E-state index in [1.165, 1.54) is 6.42 Å². The minimum absolute atomic E-state index is 0. The maximum atomic E-state index is 12.1. The molecule has 1 saturated heterocycles. The van der Waals surface area contributed by atoms with Crippen LogP contribution in [0.3, 0.4) is 0 Å². The number of hydrogen-bond donors (Lipinski definition) is 1. The van der Waals surface area contributed by atoms with E-state index in [-0.39, 0.29) is 35.8 Å². The van der Waals surface area contributed by atoms with Crippen LogP contribution in [0.4, 0.5) is 8.78 Å². The Labute approximate surface area is 158 Å². The largest absolute Gasteiger partial charge is 0.435 e. The summed E-state index contributed by atoms with van der Waals surface area (Å²) in [6.45, 7) is 1.41. The summed E-state index contributed by atoms with van der Waals surface area (Å²) in [5, 5.41) is 0. The predicted molar refractivity (Wildman–Crippen MR) is 101 cm³/mol. The van der Waals surface area contributed by atoms with Crippen molar-refractivity contribution in [3.8, 4) is 5.75 Å². The number of aliphatic imine (C=N–C) groups is 1. The lowest BCUT2D eigenvalue weighted by Gasteiger charge is -2.31. The molecule has 2 fully saturated rings. The molecule has 24 heavy (non-hydrogen) atoms. The summed E-state index contributed by atoms with van der Waals surface area (Å²) >= 11 is 0. The number of benzene rings is 1. The molecule has 3 atom stereocenters. The number of likely N-dealkylation sites (tertiary alicyclic amines) is 1. The Morgan fingerprint density at radius 2 is 2.04 bits per heavy atom. The summed E-state index contributed by atoms with van der Waals surface area (Å²) in [5.74, 6) is 1.82. The van der Waals surface area contributed by atoms with Crippen molar-refractivity contribution in [2.24, 2.45) is 16.6 Å². The van der Waals surface area contributed by atoms with Crippen LogP contribution >= 0.6 is 24.0 Å². The van der Waals surface area contributed by atoms with E-state index < -0.39 is 6.61 Å². The number of ether oxygens (including phenoxy) is 1. The molecular formula is C17H24F2IN3O. The molecule has 0 radical (unpaired) electrons. The van der Waals surface area contributed by atoms with Gasteiger partial charge in [-0.2, -0.15) is 8.78 Å². The highest BCUT2D eigenvalue weighted by Gasteiger charge is 2.39. The van der Waals surface area contributed by atoms with Gasteiger partial charge in [-0.05, 0) is 42.9 Å². The van der Waals surface area contributed by atoms with Gasteiger partial charge in [-0.3, -0.25) is 0 Å². The van der Waals surface area contributed by atoms with Crippen LogP contribution in [0.5, 0.6) is 5.75 Å². The molecule has 3 rings (SSSR count). The number of rotatable bonds is 4. The fourth-order valence-corrected chi connectivity index (χ4v) is 3.23. The average Bonchev–Trinajstić information content (AvgIpc) is 3.26. The summed E-state index contributed by atoms with van der Waals surface area (Å²) in [7, 11) is 0. The minimum Gasteiger partial charge on any atom is -0.435 e. The maximum absolute atomic E-state index is 12.1. The number of guanidine groups is 1. The van der Waals surface area contributed by atoms with E-state index in [1.54, 1.807) is 12.1 Å². The topological polar surface area (TPSA) is 50.8 Å². The van der Waals surface area contributed by atoms with Gasteiger partial charge < -0.3 is 15.4 Å². The number of alkyl halides is 2. The van der Waals surface area contributed by atoms with Crippen LogP contribution < -0.4 is 10.5 Å². The lowest BCUT2D eigenvalue weighted by molar-refractivity contribution is -0.0498. The van der Waals surface area contributed by atoms with Crippen molar-refractivity contribution in [2.45, 2.75) is 44.8 Å². The first-order valence-electron chi connectivity index (χ1n) is 8.16. The summed E-state index contributed by atoms with van der Waals surface area (Å²) in [5.41, 5.74) is 7.24. The molecule has 134 valence electrons. The molecule has 4 nitrogen and oxygen atoms in total. The zero-order valence-electron chi connectivity index (χ0n) is 13.7. The van der Waals surface area contributed by atoms with Gasteiger partial charge in [0, 0.05) is 19.0 Å². The van der Waals surface area contributed by atoms with Gasteiger partial charge >= 0.3 is 6.61 Å². The molecule has 1 aromatic rings. The lowest BCUT2D eigenvalue weighted by Crippen LogP contribution is -2.43. The number of nitrogens with two attached hydrogens (primary N) is 1. The van der Waals surface area contributed by atoms with E-state index in [4.69, 9.17) is 5.73 Å². The fraction of sp³-hybridized carbons (Fsp3) is 0.588. The van der Waals surface area contributed by atoms with Gasteiger partial charge in [0.2, 0.25) is 0 Å². The van der Waals surface area contributed by atoms with E-state index in [0.717, 1.165) is 31.5 Å². The molecule has 1 heterocycles. The third-order valence-electron chi connectivity index (χ3n) is 4.57. The van der Waals surface area contributed by atoms with Gasteiger partial charge in [0.25, 0.3) is 0 Å². The Balaban J connectivity index is 0.00000208. The third-order valence-corrected chi connectivity index (χ3v) is 4.57. The highest BCUT2D eigenvalue weighted by Crippen LogP contribution is 2.44. The first-order valence-corrected chi connectivity index (χ1v) is 8.16. The van der Waals surface area contributed by atoms with Gasteiger partial charge in [0.1, 0.15) is 5.75 Å². The van der Waals surface area contributed by atoms with Crippen LogP contribution in [0.2, 0.25) is 0 Å². The predicted octanol–water partition coefficient (Wildman–Crippen LogP) is 3.81. The second kappa shape index (κ2) is 8.31. The van der Waals surface area contributed by atoms with E-state index in [1.807, 2.05) is 12.1 Å². The molecule has 7 heteroatoms. The second-order valence-electron chi connectivity index (χ2n) is 6.54. The standard InChI is InChI=1S/C17H23F2N3O.HI/c1-11-3-2-8-22(10-11)17(20)21-15-9-14(15)12-4-6-13(7-5-12)23-16(18)19;/h4-7,11,14-16H,2-3,8-10H2,1H3,(H2,20,21);1H/t11?,14-,15+;/m0./s1. The first-order chi connectivity index (χ1) is 11.0. The highest BCUT2D eigenvalue weighted by atomic mass is 127. The van der Waals surface area contributed by atoms with Crippen LogP contribution in [-0.2, 0) is 0 Å². The molecule has 1 aliphatic carbocycles. The van der Waals surface area contributed by atoms with Crippen molar-refractivity contribution in [1.29, 1.82) is 0 Å². The van der Waals surface area contributed by atoms with Gasteiger partial charge in [-0.25, -0.2) is 4.99 Å². The monoisotopic (exact) mass is 451 g/mol. The molecule has 1 aliphatic heterocycles. The quantitative estimate of drug-likeness (QED) is 0.431. The van der Waals surface area contributed by atoms with E-state index in [9.17, 15) is 8.78 Å². The summed E-state index contributed by atoms with van der Waals surface area (Å²) in [6.07, 6.45) is 3.37. The lowest BCUT2D eigenvalue weighted by atomic mass is 10.0. The normalized spacial score (nSPS) is 26.9. The fourth-order valence-electron chi connectivity index (χ4n) is 3.23. The average molecular weight is 451 g/mol. The molecule has 0 amide bonds. The molecule has 0 aromatic heterocycles. The summed E-state index contributed by atoms with van der Waals surface area (Å²) < 4.78 is 28.6. The van der Waals surface area contributed by atoms with E-state index >= 15 is 0 Å². The van der Waals surface area contributed by atoms with Crippen molar-refractivity contribution < 1.29 is 13.5 Å². The van der Waals surface area contributed by atoms with Crippen LogP contribution in [0.1, 0.15) is 37.7 Å². The van der Waals surface area contributed by atoms with E-state index in [0.29, 0.717) is 17.8 Å². The smallest absolute Gasteiger partial charge is 0.387 e. The number of halogens is 3. The van der Waals surface area contributed by atoms with Crippen LogP contribution in [-0.4, -0.2) is 36.6 Å². The van der Waals surface area contributed by atoms with Gasteiger partial charge in [-0.15, -0.1) is 24.0 Å². The SMILES string of the molecule is CC1CCCN(C(N)=N[C@@H]2C[C@H]2c2ccc(OC(F)F)cc2)C1.I. The van der Waals surface area contributed by atoms with Crippen molar-refractivity contribution in [2.75, 3.05) is 13.1 Å². The van der Waals surface area contributed by atoms with Gasteiger partial charge in [0.15, 0.2) is 5.96 Å². The van der Waals surface area contributed by atoms with Crippen molar-refractivity contribution in [1.82, 2.24) is 4.90 Å². The molecule has 2 N–H and O–H groups in total.